The van der Waals surface area contributed by atoms with Gasteiger partial charge in [0.1, 0.15) is 5.82 Å². The number of pyridine rings is 1. The largest absolute Gasteiger partial charge is 0.353 e. The summed E-state index contributed by atoms with van der Waals surface area (Å²) in [5.41, 5.74) is 0. The summed E-state index contributed by atoms with van der Waals surface area (Å²) in [5.74, 6) is 1.20. The number of piperazine rings is 1. The summed E-state index contributed by atoms with van der Waals surface area (Å²) in [4.78, 5) is 20.4. The van der Waals surface area contributed by atoms with Crippen molar-refractivity contribution in [3.63, 3.8) is 0 Å². The second kappa shape index (κ2) is 7.09. The smallest absolute Gasteiger partial charge is 0.236 e. The Morgan fingerprint density at radius 1 is 1.32 bits per heavy atom. The van der Waals surface area contributed by atoms with E-state index in [1.54, 1.807) is 0 Å². The molecule has 1 fully saturated rings. The molecule has 0 radical (unpaired) electrons. The van der Waals surface area contributed by atoms with Crippen molar-refractivity contribution in [2.45, 2.75) is 13.3 Å². The summed E-state index contributed by atoms with van der Waals surface area (Å²) in [6.07, 6.45) is 2.86. The van der Waals surface area contributed by atoms with Crippen molar-refractivity contribution in [1.29, 1.82) is 0 Å². The Morgan fingerprint density at radius 2 is 2.11 bits per heavy atom. The number of nitrogens with one attached hydrogen (secondary N) is 1. The van der Waals surface area contributed by atoms with Crippen LogP contribution in [0.5, 0.6) is 0 Å². The molecule has 1 saturated heterocycles. The van der Waals surface area contributed by atoms with Crippen molar-refractivity contribution >= 4 is 11.7 Å². The first-order valence-corrected chi connectivity index (χ1v) is 6.95. The Balaban J connectivity index is 1.77. The summed E-state index contributed by atoms with van der Waals surface area (Å²) in [6.45, 7) is 6.74. The van der Waals surface area contributed by atoms with E-state index in [9.17, 15) is 4.79 Å². The minimum atomic E-state index is 0.203. The highest BCUT2D eigenvalue weighted by molar-refractivity contribution is 5.78. The number of anilines is 1. The molecular weight excluding hydrogens is 240 g/mol. The molecule has 5 heteroatoms. The molecule has 104 valence electrons. The fourth-order valence-electron chi connectivity index (χ4n) is 2.21. The normalized spacial score (nSPS) is 15.6. The predicted molar refractivity (Wildman–Crippen MR) is 76.2 cm³/mol. The molecule has 1 aromatic rings. The molecule has 1 amide bonds. The highest BCUT2D eigenvalue weighted by Crippen LogP contribution is 2.12. The van der Waals surface area contributed by atoms with E-state index in [0.29, 0.717) is 6.54 Å². The van der Waals surface area contributed by atoms with Gasteiger partial charge < -0.3 is 15.1 Å². The van der Waals surface area contributed by atoms with E-state index in [-0.39, 0.29) is 5.91 Å². The van der Waals surface area contributed by atoms with E-state index < -0.39 is 0 Å². The van der Waals surface area contributed by atoms with Crippen molar-refractivity contribution in [2.75, 3.05) is 44.2 Å². The molecule has 1 aromatic heterocycles. The quantitative estimate of drug-likeness (QED) is 0.795. The zero-order valence-electron chi connectivity index (χ0n) is 11.5. The monoisotopic (exact) mass is 262 g/mol. The summed E-state index contributed by atoms with van der Waals surface area (Å²) < 4.78 is 0. The van der Waals surface area contributed by atoms with Crippen molar-refractivity contribution in [3.8, 4) is 0 Å². The Labute approximate surface area is 114 Å². The lowest BCUT2D eigenvalue weighted by Crippen LogP contribution is -2.51. The maximum atomic E-state index is 11.9. The van der Waals surface area contributed by atoms with Crippen LogP contribution in [0.3, 0.4) is 0 Å². The van der Waals surface area contributed by atoms with Crippen molar-refractivity contribution in [3.05, 3.63) is 24.4 Å². The third-order valence-electron chi connectivity index (χ3n) is 3.31. The molecular formula is C14H22N4O. The van der Waals surface area contributed by atoms with E-state index in [1.165, 1.54) is 0 Å². The minimum Gasteiger partial charge on any atom is -0.353 e. The third kappa shape index (κ3) is 3.92. The van der Waals surface area contributed by atoms with Crippen molar-refractivity contribution < 1.29 is 4.79 Å². The fourth-order valence-corrected chi connectivity index (χ4v) is 2.21. The summed E-state index contributed by atoms with van der Waals surface area (Å²) in [7, 11) is 0. The third-order valence-corrected chi connectivity index (χ3v) is 3.31. The molecule has 0 atom stereocenters. The number of hydrogen-bond donors (Lipinski definition) is 1. The number of nitrogens with zero attached hydrogens (tertiary/aromatic N) is 3. The van der Waals surface area contributed by atoms with Gasteiger partial charge in [-0.05, 0) is 25.1 Å². The maximum Gasteiger partial charge on any atom is 0.236 e. The first kappa shape index (κ1) is 13.8. The molecule has 0 bridgehead atoms. The van der Waals surface area contributed by atoms with Crippen LogP contribution in [0.15, 0.2) is 24.4 Å². The van der Waals surface area contributed by atoms with Crippen LogP contribution < -0.4 is 10.2 Å². The Kier molecular flexibility index (Phi) is 5.15. The van der Waals surface area contributed by atoms with Gasteiger partial charge in [-0.2, -0.15) is 0 Å². The van der Waals surface area contributed by atoms with E-state index >= 15 is 0 Å². The molecule has 1 aliphatic rings. The standard InChI is InChI=1S/C14H22N4O/c1-2-6-15-12-14(19)18-10-8-17(9-11-18)13-5-3-4-7-16-13/h3-5,7,15H,2,6,8-12H2,1H3. The molecule has 1 aliphatic heterocycles. The summed E-state index contributed by atoms with van der Waals surface area (Å²) in [6, 6.07) is 5.93. The van der Waals surface area contributed by atoms with Crippen LogP contribution in [0.1, 0.15) is 13.3 Å². The number of carbonyl (C=O) groups excluding carboxylic acids is 1. The summed E-state index contributed by atoms with van der Waals surface area (Å²) >= 11 is 0. The molecule has 19 heavy (non-hydrogen) atoms. The van der Waals surface area contributed by atoms with Gasteiger partial charge in [0, 0.05) is 32.4 Å². The van der Waals surface area contributed by atoms with Crippen LogP contribution in [-0.4, -0.2) is 55.1 Å². The predicted octanol–water partition coefficient (Wildman–Crippen LogP) is 0.730. The lowest BCUT2D eigenvalue weighted by atomic mass is 10.3. The second-order valence-corrected chi connectivity index (χ2v) is 4.73. The van der Waals surface area contributed by atoms with Gasteiger partial charge in [-0.25, -0.2) is 4.98 Å². The molecule has 0 saturated carbocycles. The van der Waals surface area contributed by atoms with Crippen LogP contribution in [0.2, 0.25) is 0 Å². The fraction of sp³-hybridized carbons (Fsp3) is 0.571. The maximum absolute atomic E-state index is 11.9. The van der Waals surface area contributed by atoms with Crippen LogP contribution >= 0.6 is 0 Å². The van der Waals surface area contributed by atoms with Crippen LogP contribution in [-0.2, 0) is 4.79 Å². The molecule has 0 spiro atoms. The Hall–Kier alpha value is -1.62. The Morgan fingerprint density at radius 3 is 2.74 bits per heavy atom. The molecule has 0 aliphatic carbocycles. The zero-order valence-corrected chi connectivity index (χ0v) is 11.5. The number of rotatable bonds is 5. The van der Waals surface area contributed by atoms with Crippen molar-refractivity contribution in [2.24, 2.45) is 0 Å². The van der Waals surface area contributed by atoms with E-state index in [2.05, 4.69) is 22.1 Å². The molecule has 0 unspecified atom stereocenters. The minimum absolute atomic E-state index is 0.203. The van der Waals surface area contributed by atoms with Gasteiger partial charge in [0.2, 0.25) is 5.91 Å². The second-order valence-electron chi connectivity index (χ2n) is 4.73. The van der Waals surface area contributed by atoms with Gasteiger partial charge in [-0.15, -0.1) is 0 Å². The summed E-state index contributed by atoms with van der Waals surface area (Å²) in [5, 5.41) is 3.16. The Bertz CT molecular complexity index is 388. The van der Waals surface area contributed by atoms with Gasteiger partial charge in [-0.3, -0.25) is 4.79 Å². The van der Waals surface area contributed by atoms with Crippen LogP contribution in [0, 0.1) is 0 Å². The first-order valence-electron chi connectivity index (χ1n) is 6.95. The van der Waals surface area contributed by atoms with E-state index in [1.807, 2.05) is 29.3 Å². The number of carbonyl (C=O) groups is 1. The highest BCUT2D eigenvalue weighted by Gasteiger charge is 2.21. The SMILES string of the molecule is CCCNCC(=O)N1CCN(c2ccccn2)CC1. The zero-order chi connectivity index (χ0) is 13.5. The van der Waals surface area contributed by atoms with Gasteiger partial charge in [0.25, 0.3) is 0 Å². The average molecular weight is 262 g/mol. The number of hydrogen-bond acceptors (Lipinski definition) is 4. The highest BCUT2D eigenvalue weighted by atomic mass is 16.2. The average Bonchev–Trinajstić information content (AvgIpc) is 2.48. The van der Waals surface area contributed by atoms with Gasteiger partial charge in [0.15, 0.2) is 0 Å². The van der Waals surface area contributed by atoms with Crippen molar-refractivity contribution in [1.82, 2.24) is 15.2 Å². The first-order chi connectivity index (χ1) is 9.31. The van der Waals surface area contributed by atoms with Gasteiger partial charge in [-0.1, -0.05) is 13.0 Å². The number of aromatic nitrogens is 1. The van der Waals surface area contributed by atoms with Gasteiger partial charge >= 0.3 is 0 Å². The molecule has 1 N–H and O–H groups in total. The molecule has 2 heterocycles. The van der Waals surface area contributed by atoms with Crippen LogP contribution in [0.25, 0.3) is 0 Å². The lowest BCUT2D eigenvalue weighted by molar-refractivity contribution is -0.130. The van der Waals surface area contributed by atoms with E-state index in [4.69, 9.17) is 0 Å². The number of amides is 1. The van der Waals surface area contributed by atoms with Gasteiger partial charge in [0.05, 0.1) is 6.54 Å². The lowest BCUT2D eigenvalue weighted by Gasteiger charge is -2.35. The van der Waals surface area contributed by atoms with E-state index in [0.717, 1.165) is 45.0 Å². The topological polar surface area (TPSA) is 48.5 Å². The molecule has 0 aromatic carbocycles. The molecule has 5 nitrogen and oxygen atoms in total. The molecule has 2 rings (SSSR count). The van der Waals surface area contributed by atoms with Crippen LogP contribution in [0.4, 0.5) is 5.82 Å².